The van der Waals surface area contributed by atoms with E-state index in [2.05, 4.69) is 0 Å². The highest BCUT2D eigenvalue weighted by Gasteiger charge is 2.24. The third-order valence-corrected chi connectivity index (χ3v) is 1.34. The summed E-state index contributed by atoms with van der Waals surface area (Å²) in [5.41, 5.74) is 0. The van der Waals surface area contributed by atoms with Crippen LogP contribution in [-0.4, -0.2) is 11.1 Å². The Bertz CT molecular complexity index is 191. The number of hydrogen-bond acceptors (Lipinski definition) is 3. The summed E-state index contributed by atoms with van der Waals surface area (Å²) in [6.07, 6.45) is 0.0352. The Morgan fingerprint density at radius 1 is 1.60 bits per heavy atom. The lowest BCUT2D eigenvalue weighted by atomic mass is 10.1. The highest BCUT2D eigenvalue weighted by molar-refractivity contribution is 5.76. The Morgan fingerprint density at radius 2 is 2.20 bits per heavy atom. The predicted octanol–water partition coefficient (Wildman–Crippen LogP) is 1.36. The molecule has 0 amide bonds. The summed E-state index contributed by atoms with van der Waals surface area (Å²) < 4.78 is 4.73. The molecule has 0 unspecified atom stereocenters. The zero-order valence-corrected chi connectivity index (χ0v) is 6.05. The van der Waals surface area contributed by atoms with Crippen molar-refractivity contribution in [3.05, 3.63) is 11.5 Å². The first-order valence-electron chi connectivity index (χ1n) is 3.24. The van der Waals surface area contributed by atoms with Gasteiger partial charge in [0, 0.05) is 5.92 Å². The molecule has 0 radical (unpaired) electrons. The normalized spacial score (nSPS) is 18.5. The first-order chi connectivity index (χ1) is 4.61. The zero-order chi connectivity index (χ0) is 7.72. The third kappa shape index (κ3) is 1.12. The van der Waals surface area contributed by atoms with Crippen LogP contribution in [0.1, 0.15) is 20.3 Å². The second-order valence-corrected chi connectivity index (χ2v) is 2.62. The van der Waals surface area contributed by atoms with Gasteiger partial charge in [0.15, 0.2) is 0 Å². The lowest BCUT2D eigenvalue weighted by molar-refractivity contribution is -0.137. The van der Waals surface area contributed by atoms with Crippen molar-refractivity contribution in [2.45, 2.75) is 20.3 Å². The minimum absolute atomic E-state index is 0.0352. The third-order valence-electron chi connectivity index (χ3n) is 1.34. The highest BCUT2D eigenvalue weighted by atomic mass is 16.5. The number of cyclic esters (lactones) is 1. The minimum atomic E-state index is -0.360. The second-order valence-electron chi connectivity index (χ2n) is 2.62. The molecule has 56 valence electrons. The first-order valence-corrected chi connectivity index (χ1v) is 3.24. The Morgan fingerprint density at radius 3 is 2.40 bits per heavy atom. The summed E-state index contributed by atoms with van der Waals surface area (Å²) in [5, 5.41) is 9.06. The van der Waals surface area contributed by atoms with Crippen LogP contribution in [0.4, 0.5) is 0 Å². The van der Waals surface area contributed by atoms with E-state index in [1.54, 1.807) is 0 Å². The van der Waals surface area contributed by atoms with E-state index in [0.717, 1.165) is 0 Å². The summed E-state index contributed by atoms with van der Waals surface area (Å²) in [4.78, 5) is 10.5. The largest absolute Gasteiger partial charge is 0.508 e. The second kappa shape index (κ2) is 2.33. The van der Waals surface area contributed by atoms with E-state index in [1.807, 2.05) is 13.8 Å². The van der Waals surface area contributed by atoms with Crippen LogP contribution in [0.3, 0.4) is 0 Å². The fraction of sp³-hybridized carbons (Fsp3) is 0.571. The number of esters is 1. The number of aliphatic hydroxyl groups excluding tert-OH is 1. The van der Waals surface area contributed by atoms with Crippen molar-refractivity contribution in [1.82, 2.24) is 0 Å². The van der Waals surface area contributed by atoms with E-state index in [-0.39, 0.29) is 24.1 Å². The van der Waals surface area contributed by atoms with Gasteiger partial charge in [-0.3, -0.25) is 4.79 Å². The molecule has 0 aliphatic carbocycles. The maximum absolute atomic E-state index is 10.5. The molecule has 0 saturated heterocycles. The number of carbonyl (C=O) groups is 1. The number of hydrogen-bond donors (Lipinski definition) is 1. The Balaban J connectivity index is 2.75. The molecule has 1 heterocycles. The van der Waals surface area contributed by atoms with Crippen molar-refractivity contribution in [1.29, 1.82) is 0 Å². The van der Waals surface area contributed by atoms with Crippen LogP contribution in [-0.2, 0) is 9.53 Å². The summed E-state index contributed by atoms with van der Waals surface area (Å²) >= 11 is 0. The molecule has 1 N–H and O–H groups in total. The predicted molar refractivity (Wildman–Crippen MR) is 35.2 cm³/mol. The zero-order valence-electron chi connectivity index (χ0n) is 6.05. The van der Waals surface area contributed by atoms with Gasteiger partial charge in [-0.2, -0.15) is 0 Å². The molecular weight excluding hydrogens is 132 g/mol. The topological polar surface area (TPSA) is 46.5 Å². The summed E-state index contributed by atoms with van der Waals surface area (Å²) in [7, 11) is 0. The van der Waals surface area contributed by atoms with Gasteiger partial charge in [0.25, 0.3) is 0 Å². The van der Waals surface area contributed by atoms with E-state index in [0.29, 0.717) is 5.76 Å². The van der Waals surface area contributed by atoms with Crippen molar-refractivity contribution in [2.24, 2.45) is 5.92 Å². The average molecular weight is 142 g/mol. The van der Waals surface area contributed by atoms with Crippen LogP contribution >= 0.6 is 0 Å². The van der Waals surface area contributed by atoms with E-state index in [9.17, 15) is 4.79 Å². The van der Waals surface area contributed by atoms with Gasteiger partial charge >= 0.3 is 5.97 Å². The number of aliphatic hydroxyl groups is 1. The molecule has 1 rings (SSSR count). The molecule has 1 aliphatic rings. The molecular formula is C7H10O3. The molecule has 1 aliphatic heterocycles. The summed E-state index contributed by atoms with van der Waals surface area (Å²) in [6.45, 7) is 3.73. The van der Waals surface area contributed by atoms with Crippen LogP contribution in [0.25, 0.3) is 0 Å². The average Bonchev–Trinajstić information content (AvgIpc) is 2.10. The number of carbonyl (C=O) groups excluding carboxylic acids is 1. The van der Waals surface area contributed by atoms with E-state index in [1.165, 1.54) is 0 Å². The maximum Gasteiger partial charge on any atom is 0.318 e. The molecule has 0 aromatic heterocycles. The molecule has 0 atom stereocenters. The first kappa shape index (κ1) is 7.12. The molecule has 0 saturated carbocycles. The van der Waals surface area contributed by atoms with Crippen LogP contribution in [0.5, 0.6) is 0 Å². The van der Waals surface area contributed by atoms with Gasteiger partial charge in [0.05, 0.1) is 0 Å². The summed E-state index contributed by atoms with van der Waals surface area (Å²) in [6, 6.07) is 0. The lowest BCUT2D eigenvalue weighted by Crippen LogP contribution is -1.98. The van der Waals surface area contributed by atoms with Gasteiger partial charge in [0.1, 0.15) is 17.9 Å². The number of allylic oxidation sites excluding steroid dienone is 1. The van der Waals surface area contributed by atoms with Gasteiger partial charge in [0.2, 0.25) is 0 Å². The molecule has 3 heteroatoms. The van der Waals surface area contributed by atoms with E-state index in [4.69, 9.17) is 9.84 Å². The minimum Gasteiger partial charge on any atom is -0.508 e. The van der Waals surface area contributed by atoms with Crippen LogP contribution in [0.15, 0.2) is 11.5 Å². The molecule has 3 nitrogen and oxygen atoms in total. The molecule has 0 spiro atoms. The van der Waals surface area contributed by atoms with Crippen molar-refractivity contribution in [2.75, 3.05) is 0 Å². The summed E-state index contributed by atoms with van der Waals surface area (Å²) in [5.74, 6) is 0.234. The molecule has 0 aromatic rings. The molecule has 10 heavy (non-hydrogen) atoms. The van der Waals surface area contributed by atoms with Crippen LogP contribution in [0.2, 0.25) is 0 Å². The Labute approximate surface area is 59.3 Å². The highest BCUT2D eigenvalue weighted by Crippen LogP contribution is 2.23. The van der Waals surface area contributed by atoms with Crippen molar-refractivity contribution < 1.29 is 14.6 Å². The van der Waals surface area contributed by atoms with Crippen molar-refractivity contribution in [3.63, 3.8) is 0 Å². The van der Waals surface area contributed by atoms with Crippen LogP contribution in [0, 0.1) is 5.92 Å². The lowest BCUT2D eigenvalue weighted by Gasteiger charge is -2.03. The van der Waals surface area contributed by atoms with E-state index < -0.39 is 0 Å². The quantitative estimate of drug-likeness (QED) is 0.562. The van der Waals surface area contributed by atoms with Gasteiger partial charge in [-0.1, -0.05) is 13.8 Å². The van der Waals surface area contributed by atoms with Gasteiger partial charge in [-0.05, 0) is 0 Å². The van der Waals surface area contributed by atoms with Gasteiger partial charge in [-0.25, -0.2) is 0 Å². The van der Waals surface area contributed by atoms with Crippen LogP contribution < -0.4 is 0 Å². The maximum atomic E-state index is 10.5. The fourth-order valence-corrected chi connectivity index (χ4v) is 0.893. The molecule has 0 aromatic carbocycles. The number of rotatable bonds is 1. The SMILES string of the molecule is CC(C)C1=C(O)CC(=O)O1. The Kier molecular flexibility index (Phi) is 1.66. The Hall–Kier alpha value is -0.990. The van der Waals surface area contributed by atoms with E-state index >= 15 is 0 Å². The standard InChI is InChI=1S/C7H10O3/c1-4(2)7-5(8)3-6(9)10-7/h4,8H,3H2,1-2H3. The number of ether oxygens (including phenoxy) is 1. The smallest absolute Gasteiger partial charge is 0.318 e. The fourth-order valence-electron chi connectivity index (χ4n) is 0.893. The van der Waals surface area contributed by atoms with Crippen molar-refractivity contribution in [3.8, 4) is 0 Å². The van der Waals surface area contributed by atoms with Gasteiger partial charge in [-0.15, -0.1) is 0 Å². The molecule has 0 bridgehead atoms. The monoisotopic (exact) mass is 142 g/mol. The molecule has 0 fully saturated rings. The van der Waals surface area contributed by atoms with Crippen molar-refractivity contribution >= 4 is 5.97 Å². The van der Waals surface area contributed by atoms with Gasteiger partial charge < -0.3 is 9.84 Å².